The standard InChI is InChI=1S/C27H25F4NO5/c1-35-24-15-10-20(19-8-13-22(14-9-19)37-27(29,30)31)17-23(24)32(25(33)26(34)36-2)16-4-3-5-18-6-11-21(28)12-7-18/h6-15,17H,3-5,16H2,1-2H3. The minimum Gasteiger partial charge on any atom is -0.495 e. The summed E-state index contributed by atoms with van der Waals surface area (Å²) in [6.07, 6.45) is -3.00. The quantitative estimate of drug-likeness (QED) is 0.152. The molecule has 0 aliphatic rings. The molecule has 1 amide bonds. The Morgan fingerprint density at radius 3 is 2.11 bits per heavy atom. The average Bonchev–Trinajstić information content (AvgIpc) is 2.88. The second kappa shape index (κ2) is 12.2. The van der Waals surface area contributed by atoms with E-state index < -0.39 is 18.2 Å². The van der Waals surface area contributed by atoms with Gasteiger partial charge in [0, 0.05) is 6.54 Å². The maximum absolute atomic E-state index is 13.1. The van der Waals surface area contributed by atoms with Gasteiger partial charge in [-0.3, -0.25) is 9.69 Å². The first kappa shape index (κ1) is 27.5. The molecule has 3 aromatic rings. The number of alkyl halides is 3. The van der Waals surface area contributed by atoms with Crippen molar-refractivity contribution in [3.8, 4) is 22.6 Å². The van der Waals surface area contributed by atoms with Crippen LogP contribution in [0.4, 0.5) is 23.2 Å². The Labute approximate surface area is 211 Å². The highest BCUT2D eigenvalue weighted by Gasteiger charge is 2.31. The zero-order valence-electron chi connectivity index (χ0n) is 20.2. The van der Waals surface area contributed by atoms with Crippen LogP contribution in [0.25, 0.3) is 11.1 Å². The number of hydrogen-bond donors (Lipinski definition) is 0. The number of benzene rings is 3. The lowest BCUT2D eigenvalue weighted by Gasteiger charge is -2.24. The van der Waals surface area contributed by atoms with Crippen LogP contribution in [-0.4, -0.2) is 39.0 Å². The van der Waals surface area contributed by atoms with Crippen LogP contribution in [0, 0.1) is 5.82 Å². The number of rotatable bonds is 9. The summed E-state index contributed by atoms with van der Waals surface area (Å²) in [5.41, 5.74) is 2.36. The van der Waals surface area contributed by atoms with E-state index in [9.17, 15) is 27.2 Å². The summed E-state index contributed by atoms with van der Waals surface area (Å²) in [4.78, 5) is 26.3. The summed E-state index contributed by atoms with van der Waals surface area (Å²) in [5.74, 6) is -2.33. The molecule has 0 aromatic heterocycles. The first-order chi connectivity index (χ1) is 17.6. The van der Waals surface area contributed by atoms with Crippen LogP contribution < -0.4 is 14.4 Å². The fourth-order valence-electron chi connectivity index (χ4n) is 3.71. The molecule has 0 aliphatic carbocycles. The van der Waals surface area contributed by atoms with Crippen LogP contribution in [0.2, 0.25) is 0 Å². The number of amides is 1. The van der Waals surface area contributed by atoms with Gasteiger partial charge in [-0.15, -0.1) is 13.2 Å². The molecule has 0 saturated heterocycles. The fraction of sp³-hybridized carbons (Fsp3) is 0.259. The second-order valence-electron chi connectivity index (χ2n) is 7.99. The third-order valence-corrected chi connectivity index (χ3v) is 5.51. The van der Waals surface area contributed by atoms with E-state index in [0.29, 0.717) is 41.8 Å². The smallest absolute Gasteiger partial charge is 0.495 e. The van der Waals surface area contributed by atoms with Crippen molar-refractivity contribution in [3.63, 3.8) is 0 Å². The number of nitrogens with zero attached hydrogens (tertiary/aromatic N) is 1. The number of carbonyl (C=O) groups excluding carboxylic acids is 2. The molecule has 6 nitrogen and oxygen atoms in total. The topological polar surface area (TPSA) is 65.1 Å². The molecule has 0 N–H and O–H groups in total. The third-order valence-electron chi connectivity index (χ3n) is 5.51. The number of methoxy groups -OCH3 is 2. The van der Waals surface area contributed by atoms with Gasteiger partial charge in [-0.2, -0.15) is 0 Å². The minimum absolute atomic E-state index is 0.160. The van der Waals surface area contributed by atoms with Crippen molar-refractivity contribution in [2.75, 3.05) is 25.7 Å². The van der Waals surface area contributed by atoms with Gasteiger partial charge in [0.1, 0.15) is 17.3 Å². The van der Waals surface area contributed by atoms with Crippen LogP contribution in [0.5, 0.6) is 11.5 Å². The number of ether oxygens (including phenoxy) is 3. The van der Waals surface area contributed by atoms with Gasteiger partial charge in [-0.1, -0.05) is 30.3 Å². The van der Waals surface area contributed by atoms with E-state index in [1.54, 1.807) is 30.3 Å². The number of anilines is 1. The highest BCUT2D eigenvalue weighted by atomic mass is 19.4. The highest BCUT2D eigenvalue weighted by molar-refractivity contribution is 6.38. The summed E-state index contributed by atoms with van der Waals surface area (Å²) in [7, 11) is 2.52. The molecule has 0 unspecified atom stereocenters. The molecular weight excluding hydrogens is 494 g/mol. The van der Waals surface area contributed by atoms with E-state index in [1.807, 2.05) is 0 Å². The molecule has 196 valence electrons. The first-order valence-corrected chi connectivity index (χ1v) is 11.3. The van der Waals surface area contributed by atoms with Gasteiger partial charge in [0.2, 0.25) is 0 Å². The predicted molar refractivity (Wildman–Crippen MR) is 129 cm³/mol. The Morgan fingerprint density at radius 1 is 0.865 bits per heavy atom. The normalized spacial score (nSPS) is 11.1. The van der Waals surface area contributed by atoms with E-state index in [-0.39, 0.29) is 18.1 Å². The molecule has 0 atom stereocenters. The third kappa shape index (κ3) is 7.70. The maximum Gasteiger partial charge on any atom is 0.573 e. The van der Waals surface area contributed by atoms with Crippen molar-refractivity contribution >= 4 is 17.6 Å². The van der Waals surface area contributed by atoms with Crippen LogP contribution in [0.3, 0.4) is 0 Å². The van der Waals surface area contributed by atoms with Crippen molar-refractivity contribution < 1.29 is 41.4 Å². The van der Waals surface area contributed by atoms with Gasteiger partial charge in [-0.25, -0.2) is 9.18 Å². The Hall–Kier alpha value is -4.08. The van der Waals surface area contributed by atoms with E-state index in [4.69, 9.17) is 4.74 Å². The zero-order valence-corrected chi connectivity index (χ0v) is 20.2. The number of aryl methyl sites for hydroxylation is 1. The molecule has 0 fully saturated rings. The lowest BCUT2D eigenvalue weighted by atomic mass is 10.0. The lowest BCUT2D eigenvalue weighted by molar-refractivity contribution is -0.274. The zero-order chi connectivity index (χ0) is 27.0. The minimum atomic E-state index is -4.81. The molecule has 0 heterocycles. The van der Waals surface area contributed by atoms with Crippen LogP contribution in [0.1, 0.15) is 18.4 Å². The Balaban J connectivity index is 1.84. The fourth-order valence-corrected chi connectivity index (χ4v) is 3.71. The molecule has 37 heavy (non-hydrogen) atoms. The monoisotopic (exact) mass is 519 g/mol. The molecule has 3 rings (SSSR count). The maximum atomic E-state index is 13.1. The Kier molecular flexibility index (Phi) is 9.10. The summed E-state index contributed by atoms with van der Waals surface area (Å²) >= 11 is 0. The molecule has 0 aliphatic heterocycles. The van der Waals surface area contributed by atoms with Crippen molar-refractivity contribution in [2.24, 2.45) is 0 Å². The second-order valence-corrected chi connectivity index (χ2v) is 7.99. The van der Waals surface area contributed by atoms with Crippen molar-refractivity contribution in [1.29, 1.82) is 0 Å². The molecule has 0 saturated carbocycles. The van der Waals surface area contributed by atoms with Gasteiger partial charge in [0.05, 0.1) is 19.9 Å². The van der Waals surface area contributed by atoms with Gasteiger partial charge in [0.15, 0.2) is 0 Å². The van der Waals surface area contributed by atoms with Crippen LogP contribution >= 0.6 is 0 Å². The molecule has 10 heteroatoms. The first-order valence-electron chi connectivity index (χ1n) is 11.3. The van der Waals surface area contributed by atoms with Crippen molar-refractivity contribution in [2.45, 2.75) is 25.6 Å². The predicted octanol–water partition coefficient (Wildman–Crippen LogP) is 5.93. The van der Waals surface area contributed by atoms with E-state index in [1.165, 1.54) is 48.4 Å². The summed E-state index contributed by atoms with van der Waals surface area (Å²) < 4.78 is 64.5. The van der Waals surface area contributed by atoms with E-state index in [2.05, 4.69) is 9.47 Å². The van der Waals surface area contributed by atoms with E-state index in [0.717, 1.165) is 12.7 Å². The highest BCUT2D eigenvalue weighted by Crippen LogP contribution is 2.35. The Morgan fingerprint density at radius 2 is 1.51 bits per heavy atom. The van der Waals surface area contributed by atoms with Crippen LogP contribution in [0.15, 0.2) is 66.7 Å². The van der Waals surface area contributed by atoms with Crippen LogP contribution in [-0.2, 0) is 20.7 Å². The molecule has 0 bridgehead atoms. The molecule has 0 radical (unpaired) electrons. The number of esters is 1. The average molecular weight is 519 g/mol. The van der Waals surface area contributed by atoms with Gasteiger partial charge in [0.25, 0.3) is 0 Å². The van der Waals surface area contributed by atoms with E-state index >= 15 is 0 Å². The van der Waals surface area contributed by atoms with Gasteiger partial charge >= 0.3 is 18.2 Å². The SMILES string of the molecule is COC(=O)C(=O)N(CCCCc1ccc(F)cc1)c1cc(-c2ccc(OC(F)(F)F)cc2)ccc1OC. The van der Waals surface area contributed by atoms with Gasteiger partial charge in [-0.05, 0) is 72.4 Å². The van der Waals surface area contributed by atoms with Gasteiger partial charge < -0.3 is 14.2 Å². The summed E-state index contributed by atoms with van der Waals surface area (Å²) in [5, 5.41) is 0. The number of hydrogen-bond acceptors (Lipinski definition) is 5. The lowest BCUT2D eigenvalue weighted by Crippen LogP contribution is -2.38. The number of carbonyl (C=O) groups is 2. The summed E-state index contributed by atoms with van der Waals surface area (Å²) in [6.45, 7) is 0.160. The largest absolute Gasteiger partial charge is 0.573 e. The molecule has 3 aromatic carbocycles. The van der Waals surface area contributed by atoms with Crippen molar-refractivity contribution in [1.82, 2.24) is 0 Å². The summed E-state index contributed by atoms with van der Waals surface area (Å²) in [6, 6.07) is 16.3. The molecular formula is C27H25F4NO5. The van der Waals surface area contributed by atoms with Crippen molar-refractivity contribution in [3.05, 3.63) is 78.1 Å². The molecule has 0 spiro atoms. The number of unbranched alkanes of at least 4 members (excludes halogenated alkanes) is 1. The number of halogens is 4. The Bertz CT molecular complexity index is 1210.